The minimum Gasteiger partial charge on any atom is -0.459 e. The van der Waals surface area contributed by atoms with Crippen molar-refractivity contribution in [3.8, 4) is 0 Å². The molecule has 2 heterocycles. The van der Waals surface area contributed by atoms with Gasteiger partial charge in [0.2, 0.25) is 0 Å². The second-order valence-corrected chi connectivity index (χ2v) is 6.59. The van der Waals surface area contributed by atoms with Crippen LogP contribution < -0.4 is 11.1 Å². The van der Waals surface area contributed by atoms with Crippen LogP contribution in [0.2, 0.25) is 0 Å². The van der Waals surface area contributed by atoms with Gasteiger partial charge in [0.05, 0.1) is 16.5 Å². The minimum absolute atomic E-state index is 0.142. The van der Waals surface area contributed by atoms with Crippen LogP contribution in [0, 0.1) is 6.92 Å². The molecule has 0 fully saturated rings. The van der Waals surface area contributed by atoms with Crippen LogP contribution in [0.15, 0.2) is 12.3 Å². The summed E-state index contributed by atoms with van der Waals surface area (Å²) in [6.45, 7) is 7.41. The third-order valence-corrected chi connectivity index (χ3v) is 4.62. The van der Waals surface area contributed by atoms with E-state index in [1.165, 1.54) is 10.9 Å². The van der Waals surface area contributed by atoms with E-state index >= 15 is 0 Å². The SMILES string of the molecule is CCn1nccc1C(=O)Nc1sc(C(N)=O)c(C)c1C(=O)OC(C)C. The Morgan fingerprint density at radius 1 is 1.40 bits per heavy atom. The first kappa shape index (κ1) is 18.7. The lowest BCUT2D eigenvalue weighted by Gasteiger charge is -2.10. The van der Waals surface area contributed by atoms with E-state index in [0.717, 1.165) is 11.3 Å². The zero-order chi connectivity index (χ0) is 18.7. The smallest absolute Gasteiger partial charge is 0.341 e. The van der Waals surface area contributed by atoms with E-state index in [9.17, 15) is 14.4 Å². The van der Waals surface area contributed by atoms with Gasteiger partial charge < -0.3 is 15.8 Å². The molecule has 0 aliphatic carbocycles. The number of primary amides is 1. The largest absolute Gasteiger partial charge is 0.459 e. The van der Waals surface area contributed by atoms with Crippen LogP contribution >= 0.6 is 11.3 Å². The number of amides is 2. The number of nitrogens with two attached hydrogens (primary N) is 1. The number of thiophene rings is 1. The molecule has 2 rings (SSSR count). The Balaban J connectivity index is 2.42. The normalized spacial score (nSPS) is 10.8. The van der Waals surface area contributed by atoms with Crippen molar-refractivity contribution in [2.45, 2.75) is 40.3 Å². The first-order valence-electron chi connectivity index (χ1n) is 7.73. The molecule has 0 spiro atoms. The molecule has 0 saturated carbocycles. The van der Waals surface area contributed by atoms with Crippen LogP contribution in [0.3, 0.4) is 0 Å². The number of hydrogen-bond donors (Lipinski definition) is 2. The Kier molecular flexibility index (Phi) is 5.58. The monoisotopic (exact) mass is 364 g/mol. The maximum atomic E-state index is 12.5. The number of esters is 1. The highest BCUT2D eigenvalue weighted by molar-refractivity contribution is 7.18. The van der Waals surface area contributed by atoms with Gasteiger partial charge in [-0.2, -0.15) is 5.10 Å². The summed E-state index contributed by atoms with van der Waals surface area (Å²) in [4.78, 5) is 36.7. The summed E-state index contributed by atoms with van der Waals surface area (Å²) in [5.41, 5.74) is 6.24. The molecular weight excluding hydrogens is 344 g/mol. The van der Waals surface area contributed by atoms with Gasteiger partial charge in [-0.05, 0) is 39.3 Å². The Bertz CT molecular complexity index is 822. The molecule has 25 heavy (non-hydrogen) atoms. The first-order chi connectivity index (χ1) is 11.8. The van der Waals surface area contributed by atoms with E-state index < -0.39 is 17.8 Å². The zero-order valence-electron chi connectivity index (χ0n) is 14.5. The summed E-state index contributed by atoms with van der Waals surface area (Å²) in [6, 6.07) is 1.57. The van der Waals surface area contributed by atoms with Gasteiger partial charge in [0, 0.05) is 12.7 Å². The molecule has 0 aliphatic rings. The van der Waals surface area contributed by atoms with Crippen LogP contribution in [0.1, 0.15) is 56.9 Å². The molecule has 8 nitrogen and oxygen atoms in total. The molecule has 2 aromatic rings. The van der Waals surface area contributed by atoms with Crippen molar-refractivity contribution in [1.82, 2.24) is 9.78 Å². The minimum atomic E-state index is -0.666. The van der Waals surface area contributed by atoms with Gasteiger partial charge >= 0.3 is 5.97 Å². The Morgan fingerprint density at radius 2 is 2.08 bits per heavy atom. The highest BCUT2D eigenvalue weighted by Gasteiger charge is 2.27. The molecule has 0 radical (unpaired) electrons. The molecule has 3 N–H and O–H groups in total. The van der Waals surface area contributed by atoms with Crippen LogP contribution in [0.4, 0.5) is 5.00 Å². The number of nitrogens with one attached hydrogen (secondary N) is 1. The molecule has 2 amide bonds. The lowest BCUT2D eigenvalue weighted by Crippen LogP contribution is -2.19. The summed E-state index contributed by atoms with van der Waals surface area (Å²) in [5, 5.41) is 6.93. The molecule has 134 valence electrons. The maximum Gasteiger partial charge on any atom is 0.341 e. The highest BCUT2D eigenvalue weighted by Crippen LogP contribution is 2.34. The van der Waals surface area contributed by atoms with Crippen LogP contribution in [-0.2, 0) is 11.3 Å². The summed E-state index contributed by atoms with van der Waals surface area (Å²) in [5.74, 6) is -1.72. The van der Waals surface area contributed by atoms with Gasteiger partial charge in [-0.15, -0.1) is 11.3 Å². The third kappa shape index (κ3) is 3.87. The Hall–Kier alpha value is -2.68. The molecule has 0 aromatic carbocycles. The molecule has 2 aromatic heterocycles. The number of hydrogen-bond acceptors (Lipinski definition) is 6. The second kappa shape index (κ2) is 7.47. The summed E-state index contributed by atoms with van der Waals surface area (Å²) < 4.78 is 6.74. The van der Waals surface area contributed by atoms with Crippen molar-refractivity contribution in [3.63, 3.8) is 0 Å². The van der Waals surface area contributed by atoms with Crippen LogP contribution in [-0.4, -0.2) is 33.7 Å². The maximum absolute atomic E-state index is 12.5. The Morgan fingerprint density at radius 3 is 2.64 bits per heavy atom. The van der Waals surface area contributed by atoms with Crippen molar-refractivity contribution >= 4 is 34.1 Å². The summed E-state index contributed by atoms with van der Waals surface area (Å²) >= 11 is 0.952. The van der Waals surface area contributed by atoms with Crippen molar-refractivity contribution in [2.75, 3.05) is 5.32 Å². The number of anilines is 1. The molecule has 0 saturated heterocycles. The topological polar surface area (TPSA) is 116 Å². The Labute approximate surface area is 149 Å². The molecule has 0 unspecified atom stereocenters. The standard InChI is InChI=1S/C16H20N4O4S/c1-5-20-10(6-7-18-20)14(22)19-15-11(16(23)24-8(2)3)9(4)12(25-15)13(17)21/h6-8H,5H2,1-4H3,(H2,17,21)(H,19,22). The average molecular weight is 364 g/mol. The number of ether oxygens (including phenoxy) is 1. The number of aromatic nitrogens is 2. The highest BCUT2D eigenvalue weighted by atomic mass is 32.1. The van der Waals surface area contributed by atoms with E-state index in [2.05, 4.69) is 10.4 Å². The van der Waals surface area contributed by atoms with Gasteiger partial charge in [0.15, 0.2) is 0 Å². The lowest BCUT2D eigenvalue weighted by atomic mass is 10.1. The van der Waals surface area contributed by atoms with Crippen molar-refractivity contribution in [3.05, 3.63) is 34.0 Å². The summed E-state index contributed by atoms with van der Waals surface area (Å²) in [6.07, 6.45) is 1.18. The lowest BCUT2D eigenvalue weighted by molar-refractivity contribution is 0.0379. The summed E-state index contributed by atoms with van der Waals surface area (Å²) in [7, 11) is 0. The number of aryl methyl sites for hydroxylation is 1. The molecule has 0 bridgehead atoms. The molecule has 0 atom stereocenters. The third-order valence-electron chi connectivity index (χ3n) is 3.39. The van der Waals surface area contributed by atoms with Crippen LogP contribution in [0.25, 0.3) is 0 Å². The van der Waals surface area contributed by atoms with Gasteiger partial charge in [-0.3, -0.25) is 14.3 Å². The van der Waals surface area contributed by atoms with Crippen molar-refractivity contribution < 1.29 is 19.1 Å². The number of nitrogens with zero attached hydrogens (tertiary/aromatic N) is 2. The van der Waals surface area contributed by atoms with E-state index in [1.807, 2.05) is 6.92 Å². The molecule has 0 aliphatic heterocycles. The first-order valence-corrected chi connectivity index (χ1v) is 8.55. The molecular formula is C16H20N4O4S. The fourth-order valence-electron chi connectivity index (χ4n) is 2.30. The number of carbonyl (C=O) groups is 3. The van der Waals surface area contributed by atoms with Crippen LogP contribution in [0.5, 0.6) is 0 Å². The zero-order valence-corrected chi connectivity index (χ0v) is 15.3. The fourth-order valence-corrected chi connectivity index (χ4v) is 3.34. The average Bonchev–Trinajstić information content (AvgIpc) is 3.10. The van der Waals surface area contributed by atoms with Gasteiger partial charge in [0.25, 0.3) is 11.8 Å². The van der Waals surface area contributed by atoms with Crippen molar-refractivity contribution in [1.29, 1.82) is 0 Å². The van der Waals surface area contributed by atoms with E-state index in [0.29, 0.717) is 17.8 Å². The quantitative estimate of drug-likeness (QED) is 0.762. The van der Waals surface area contributed by atoms with Crippen molar-refractivity contribution in [2.24, 2.45) is 5.73 Å². The van der Waals surface area contributed by atoms with E-state index in [-0.39, 0.29) is 21.5 Å². The second-order valence-electron chi connectivity index (χ2n) is 5.56. The molecule has 9 heteroatoms. The van der Waals surface area contributed by atoms with E-state index in [1.54, 1.807) is 26.8 Å². The van der Waals surface area contributed by atoms with Gasteiger partial charge in [-0.1, -0.05) is 0 Å². The number of rotatable bonds is 6. The van der Waals surface area contributed by atoms with Gasteiger partial charge in [0.1, 0.15) is 10.7 Å². The predicted molar refractivity (Wildman–Crippen MR) is 94.0 cm³/mol. The van der Waals surface area contributed by atoms with Gasteiger partial charge in [-0.25, -0.2) is 4.79 Å². The van der Waals surface area contributed by atoms with E-state index in [4.69, 9.17) is 10.5 Å². The fraction of sp³-hybridized carbons (Fsp3) is 0.375. The predicted octanol–water partition coefficient (Wildman–Crippen LogP) is 2.19. The number of carbonyl (C=O) groups excluding carboxylic acids is 3.